The smallest absolute Gasteiger partial charge is 0.326 e. The number of carbonyl (C=O) groups excluding carboxylic acids is 4. The molecule has 1 aromatic rings. The second kappa shape index (κ2) is 14.7. The van der Waals surface area contributed by atoms with Crippen molar-refractivity contribution in [3.63, 3.8) is 0 Å². The minimum atomic E-state index is -1.27. The fraction of sp³-hybridized carbons (Fsp3) is 0.619. The zero-order valence-corrected chi connectivity index (χ0v) is 20.0. The number of nitrogens with one attached hydrogen (secondary N) is 4. The topological polar surface area (TPSA) is 248 Å². The normalized spacial score (nSPS) is 14.4. The number of aliphatic carboxylic acids is 1. The number of carbonyl (C=O) groups is 5. The number of rotatable bonds is 16. The average Bonchev–Trinajstić information content (AvgIpc) is 3.28. The molecule has 0 fully saturated rings. The van der Waals surface area contributed by atoms with E-state index in [9.17, 15) is 29.1 Å². The van der Waals surface area contributed by atoms with E-state index in [-0.39, 0.29) is 12.8 Å². The molecule has 1 aromatic heterocycles. The molecule has 11 N–H and O–H groups in total. The second-order valence-corrected chi connectivity index (χ2v) is 8.53. The summed E-state index contributed by atoms with van der Waals surface area (Å²) in [5.74, 6) is -4.54. The first-order chi connectivity index (χ1) is 16.5. The Labute approximate surface area is 203 Å². The van der Waals surface area contributed by atoms with E-state index in [0.717, 1.165) is 0 Å². The van der Waals surface area contributed by atoms with Gasteiger partial charge in [0.25, 0.3) is 0 Å². The van der Waals surface area contributed by atoms with Gasteiger partial charge in [0.05, 0.1) is 18.8 Å². The van der Waals surface area contributed by atoms with E-state index in [1.54, 1.807) is 13.8 Å². The fourth-order valence-corrected chi connectivity index (χ4v) is 3.21. The number of aromatic amines is 1. The van der Waals surface area contributed by atoms with E-state index >= 15 is 0 Å². The number of unbranched alkanes of at least 4 members (excludes halogenated alkanes) is 1. The first-order valence-corrected chi connectivity index (χ1v) is 11.3. The van der Waals surface area contributed by atoms with Gasteiger partial charge in [-0.05, 0) is 31.7 Å². The molecule has 35 heavy (non-hydrogen) atoms. The van der Waals surface area contributed by atoms with Crippen molar-refractivity contribution in [1.29, 1.82) is 0 Å². The Bertz CT molecular complexity index is 860. The fourth-order valence-electron chi connectivity index (χ4n) is 3.21. The predicted octanol–water partition coefficient (Wildman–Crippen LogP) is -2.52. The van der Waals surface area contributed by atoms with E-state index in [4.69, 9.17) is 17.2 Å². The SMILES string of the molecule is CC(C)C(NC(=O)C(Cc1cnc[nH]1)NC(=O)C(N)CC(N)=O)C(=O)NC(CCCCN)C(=O)O. The molecule has 0 aliphatic heterocycles. The second-order valence-electron chi connectivity index (χ2n) is 8.53. The summed E-state index contributed by atoms with van der Waals surface area (Å²) in [4.78, 5) is 67.7. The molecule has 0 aliphatic carbocycles. The maximum atomic E-state index is 13.1. The highest BCUT2D eigenvalue weighted by atomic mass is 16.4. The van der Waals surface area contributed by atoms with Crippen LogP contribution < -0.4 is 33.2 Å². The lowest BCUT2D eigenvalue weighted by Crippen LogP contribution is -2.59. The molecule has 196 valence electrons. The summed E-state index contributed by atoms with van der Waals surface area (Å²) >= 11 is 0. The molecule has 0 saturated heterocycles. The van der Waals surface area contributed by atoms with Crippen molar-refractivity contribution >= 4 is 29.6 Å². The zero-order valence-electron chi connectivity index (χ0n) is 20.0. The number of hydrogen-bond donors (Lipinski definition) is 8. The van der Waals surface area contributed by atoms with Gasteiger partial charge in [0.2, 0.25) is 23.6 Å². The minimum Gasteiger partial charge on any atom is -0.480 e. The molecule has 0 saturated carbocycles. The monoisotopic (exact) mass is 496 g/mol. The van der Waals surface area contributed by atoms with Crippen molar-refractivity contribution in [3.05, 3.63) is 18.2 Å². The lowest BCUT2D eigenvalue weighted by molar-refractivity contribution is -0.142. The molecule has 1 heterocycles. The van der Waals surface area contributed by atoms with Gasteiger partial charge >= 0.3 is 5.97 Å². The molecule has 4 unspecified atom stereocenters. The van der Waals surface area contributed by atoms with Crippen LogP contribution in [0.25, 0.3) is 0 Å². The molecule has 14 nitrogen and oxygen atoms in total. The molecule has 0 aliphatic rings. The standard InChI is InChI=1S/C21H36N8O6/c1-11(2)17(20(33)27-14(21(34)35)5-3-4-6-22)29-19(32)15(7-12-9-25-10-26-12)28-18(31)13(23)8-16(24)30/h9-11,13-15,17H,3-8,22-23H2,1-2H3,(H2,24,30)(H,25,26)(H,27,33)(H,28,31)(H,29,32)(H,34,35). The number of aromatic nitrogens is 2. The quantitative estimate of drug-likeness (QED) is 0.112. The van der Waals surface area contributed by atoms with Crippen LogP contribution in [0.4, 0.5) is 0 Å². The first-order valence-electron chi connectivity index (χ1n) is 11.3. The van der Waals surface area contributed by atoms with E-state index < -0.39 is 66.1 Å². The number of nitrogens with zero attached hydrogens (tertiary/aromatic N) is 1. The van der Waals surface area contributed by atoms with Gasteiger partial charge in [0.1, 0.15) is 18.1 Å². The molecule has 0 spiro atoms. The number of hydrogen-bond acceptors (Lipinski definition) is 8. The van der Waals surface area contributed by atoms with Gasteiger partial charge in [-0.3, -0.25) is 19.2 Å². The van der Waals surface area contributed by atoms with Gasteiger partial charge in [-0.15, -0.1) is 0 Å². The summed E-state index contributed by atoms with van der Waals surface area (Å²) in [6, 6.07) is -4.66. The number of carboxylic acids is 1. The zero-order chi connectivity index (χ0) is 26.5. The van der Waals surface area contributed by atoms with E-state index in [1.165, 1.54) is 12.5 Å². The lowest BCUT2D eigenvalue weighted by atomic mass is 10.0. The third-order valence-electron chi connectivity index (χ3n) is 5.18. The Kier molecular flexibility index (Phi) is 12.4. The predicted molar refractivity (Wildman–Crippen MR) is 125 cm³/mol. The van der Waals surface area contributed by atoms with Gasteiger partial charge in [-0.1, -0.05) is 13.8 Å². The van der Waals surface area contributed by atoms with Gasteiger partial charge in [0, 0.05) is 18.3 Å². The van der Waals surface area contributed by atoms with Crippen molar-refractivity contribution in [2.75, 3.05) is 6.54 Å². The van der Waals surface area contributed by atoms with Crippen LogP contribution >= 0.6 is 0 Å². The Balaban J connectivity index is 2.98. The summed E-state index contributed by atoms with van der Waals surface area (Å²) in [5.41, 5.74) is 16.7. The van der Waals surface area contributed by atoms with Crippen LogP contribution in [0.5, 0.6) is 0 Å². The number of primary amides is 1. The number of carboxylic acid groups (broad SMARTS) is 1. The van der Waals surface area contributed by atoms with E-state index in [0.29, 0.717) is 25.1 Å². The van der Waals surface area contributed by atoms with Crippen LogP contribution in [0.2, 0.25) is 0 Å². The molecule has 0 bridgehead atoms. The average molecular weight is 497 g/mol. The van der Waals surface area contributed by atoms with Crippen LogP contribution in [0.3, 0.4) is 0 Å². The van der Waals surface area contributed by atoms with Crippen LogP contribution in [0.1, 0.15) is 45.2 Å². The minimum absolute atomic E-state index is 0.00978. The summed E-state index contributed by atoms with van der Waals surface area (Å²) in [7, 11) is 0. The van der Waals surface area contributed by atoms with Gasteiger partial charge in [-0.25, -0.2) is 9.78 Å². The van der Waals surface area contributed by atoms with Crippen molar-refractivity contribution in [2.24, 2.45) is 23.1 Å². The number of amides is 4. The molecule has 4 atom stereocenters. The van der Waals surface area contributed by atoms with Crippen molar-refractivity contribution in [1.82, 2.24) is 25.9 Å². The number of imidazole rings is 1. The van der Waals surface area contributed by atoms with Crippen molar-refractivity contribution in [2.45, 2.75) is 70.1 Å². The maximum Gasteiger partial charge on any atom is 0.326 e. The largest absolute Gasteiger partial charge is 0.480 e. The summed E-state index contributed by atoms with van der Waals surface area (Å²) in [5, 5.41) is 16.9. The Hall–Kier alpha value is -3.52. The Morgan fingerprint density at radius 3 is 2.20 bits per heavy atom. The molecule has 4 amide bonds. The molecular formula is C21H36N8O6. The van der Waals surface area contributed by atoms with Crippen LogP contribution in [0, 0.1) is 5.92 Å². The molecule has 1 rings (SSSR count). The molecule has 14 heteroatoms. The van der Waals surface area contributed by atoms with Crippen LogP contribution in [-0.2, 0) is 30.4 Å². The van der Waals surface area contributed by atoms with E-state index in [2.05, 4.69) is 25.9 Å². The molecular weight excluding hydrogens is 460 g/mol. The summed E-state index contributed by atoms with van der Waals surface area (Å²) < 4.78 is 0. The molecule has 0 aromatic carbocycles. The van der Waals surface area contributed by atoms with Crippen LogP contribution in [0.15, 0.2) is 12.5 Å². The van der Waals surface area contributed by atoms with Gasteiger partial charge in [0.15, 0.2) is 0 Å². The summed E-state index contributed by atoms with van der Waals surface area (Å²) in [6.45, 7) is 3.76. The highest BCUT2D eigenvalue weighted by Gasteiger charge is 2.32. The maximum absolute atomic E-state index is 13.1. The third kappa shape index (κ3) is 10.5. The highest BCUT2D eigenvalue weighted by Crippen LogP contribution is 2.08. The van der Waals surface area contributed by atoms with Crippen LogP contribution in [-0.4, -0.2) is 75.4 Å². The highest BCUT2D eigenvalue weighted by molar-refractivity contribution is 5.95. The van der Waals surface area contributed by atoms with Gasteiger partial charge in [-0.2, -0.15) is 0 Å². The third-order valence-corrected chi connectivity index (χ3v) is 5.18. The van der Waals surface area contributed by atoms with E-state index in [1.807, 2.05) is 0 Å². The number of H-pyrrole nitrogens is 1. The lowest BCUT2D eigenvalue weighted by Gasteiger charge is -2.27. The molecule has 0 radical (unpaired) electrons. The Morgan fingerprint density at radius 2 is 1.69 bits per heavy atom. The van der Waals surface area contributed by atoms with Gasteiger partial charge < -0.3 is 43.2 Å². The Morgan fingerprint density at radius 1 is 1.03 bits per heavy atom. The van der Waals surface area contributed by atoms with Crippen molar-refractivity contribution in [3.8, 4) is 0 Å². The number of nitrogens with two attached hydrogens (primary N) is 3. The summed E-state index contributed by atoms with van der Waals surface area (Å²) in [6.07, 6.45) is 3.74. The first kappa shape index (κ1) is 29.5. The van der Waals surface area contributed by atoms with Crippen molar-refractivity contribution < 1.29 is 29.1 Å².